The van der Waals surface area contributed by atoms with E-state index in [9.17, 15) is 14.4 Å². The van der Waals surface area contributed by atoms with Gasteiger partial charge in [-0.2, -0.15) is 0 Å². The molecule has 0 radical (unpaired) electrons. The Morgan fingerprint density at radius 2 is 1.59 bits per heavy atom. The first-order chi connectivity index (χ1) is 19.7. The molecule has 1 aliphatic heterocycles. The third kappa shape index (κ3) is 5.99. The monoisotopic (exact) mass is 569 g/mol. The molecule has 1 unspecified atom stereocenters. The van der Waals surface area contributed by atoms with E-state index in [1.807, 2.05) is 68.4 Å². The summed E-state index contributed by atoms with van der Waals surface area (Å²) in [5, 5.41) is 9.81. The van der Waals surface area contributed by atoms with Crippen LogP contribution in [0.1, 0.15) is 33.6 Å². The van der Waals surface area contributed by atoms with E-state index in [0.717, 1.165) is 11.1 Å². The Hall–Kier alpha value is -4.90. The van der Waals surface area contributed by atoms with Crippen LogP contribution in [0.15, 0.2) is 83.4 Å². The Labute approximate surface area is 242 Å². The lowest BCUT2D eigenvalue weighted by Gasteiger charge is -2.22. The first-order valence-corrected chi connectivity index (χ1v) is 13.4. The molecule has 1 atom stereocenters. The highest BCUT2D eigenvalue weighted by atomic mass is 32.1. The number of rotatable bonds is 8. The van der Waals surface area contributed by atoms with Crippen LogP contribution in [0.4, 0.5) is 17.3 Å². The van der Waals surface area contributed by atoms with Crippen LogP contribution in [0, 0.1) is 13.8 Å². The van der Waals surface area contributed by atoms with Crippen molar-refractivity contribution in [2.45, 2.75) is 32.9 Å². The number of carbonyl (C=O) groups is 3. The van der Waals surface area contributed by atoms with Gasteiger partial charge in [0.25, 0.3) is 17.5 Å². The summed E-state index contributed by atoms with van der Waals surface area (Å²) in [5.41, 5.74) is 4.25. The van der Waals surface area contributed by atoms with Crippen molar-refractivity contribution in [2.24, 2.45) is 7.05 Å². The van der Waals surface area contributed by atoms with E-state index in [1.54, 1.807) is 36.2 Å². The maximum Gasteiger partial charge on any atom is 0.307 e. The van der Waals surface area contributed by atoms with Crippen LogP contribution in [-0.4, -0.2) is 39.0 Å². The lowest BCUT2D eigenvalue weighted by atomic mass is 10.1. The quantitative estimate of drug-likeness (QED) is 0.245. The molecule has 4 aromatic rings. The van der Waals surface area contributed by atoms with Gasteiger partial charge in [-0.05, 0) is 67.1 Å². The summed E-state index contributed by atoms with van der Waals surface area (Å²) in [6.07, 6.45) is -0.143. The van der Waals surface area contributed by atoms with Gasteiger partial charge in [-0.3, -0.25) is 29.1 Å². The minimum atomic E-state index is -0.901. The summed E-state index contributed by atoms with van der Waals surface area (Å²) < 4.78 is 6.89. The van der Waals surface area contributed by atoms with Crippen molar-refractivity contribution in [2.75, 3.05) is 15.5 Å². The SMILES string of the molecule is Cc1ccc(NC(=O)CC2C(=O)N(c3ccc(C)cc3)C(=S)N2Cc2c(NC(=O)c3ccccc3)on[n+]2C)cc1. The molecule has 1 fully saturated rings. The zero-order chi connectivity index (χ0) is 29.1. The molecule has 3 amide bonds. The zero-order valence-electron chi connectivity index (χ0n) is 22.8. The van der Waals surface area contributed by atoms with Crippen LogP contribution in [0.5, 0.6) is 0 Å². The lowest BCUT2D eigenvalue weighted by molar-refractivity contribution is -0.746. The molecule has 2 heterocycles. The molecule has 5 rings (SSSR count). The van der Waals surface area contributed by atoms with Crippen LogP contribution in [0.2, 0.25) is 0 Å². The molecule has 208 valence electrons. The van der Waals surface area contributed by atoms with E-state index in [1.165, 1.54) is 9.58 Å². The number of thiocarbonyl (C=S) groups is 1. The van der Waals surface area contributed by atoms with E-state index in [0.29, 0.717) is 22.6 Å². The van der Waals surface area contributed by atoms with Crippen molar-refractivity contribution in [1.29, 1.82) is 0 Å². The zero-order valence-corrected chi connectivity index (χ0v) is 23.6. The minimum Gasteiger partial charge on any atom is -0.326 e. The molecule has 3 aromatic carbocycles. The molecule has 2 N–H and O–H groups in total. The second-order valence-electron chi connectivity index (χ2n) is 9.85. The summed E-state index contributed by atoms with van der Waals surface area (Å²) in [7, 11) is 1.66. The molecule has 0 spiro atoms. The van der Waals surface area contributed by atoms with Gasteiger partial charge >= 0.3 is 5.88 Å². The topological polar surface area (TPSA) is 112 Å². The summed E-state index contributed by atoms with van der Waals surface area (Å²) >= 11 is 5.80. The second-order valence-corrected chi connectivity index (χ2v) is 10.2. The molecule has 1 aromatic heterocycles. The highest BCUT2D eigenvalue weighted by Gasteiger charge is 2.46. The number of nitrogens with zero attached hydrogens (tertiary/aromatic N) is 4. The maximum absolute atomic E-state index is 13.8. The number of benzene rings is 3. The maximum atomic E-state index is 13.8. The Bertz CT molecular complexity index is 1600. The van der Waals surface area contributed by atoms with Crippen molar-refractivity contribution in [3.8, 4) is 0 Å². The molecule has 0 bridgehead atoms. The van der Waals surface area contributed by atoms with E-state index in [4.69, 9.17) is 16.7 Å². The van der Waals surface area contributed by atoms with Crippen molar-refractivity contribution in [3.05, 3.63) is 101 Å². The van der Waals surface area contributed by atoms with Crippen molar-refractivity contribution >= 4 is 52.3 Å². The van der Waals surface area contributed by atoms with Gasteiger partial charge in [-0.25, -0.2) is 0 Å². The van der Waals surface area contributed by atoms with E-state index >= 15 is 0 Å². The average Bonchev–Trinajstić information content (AvgIpc) is 3.42. The average molecular weight is 570 g/mol. The van der Waals surface area contributed by atoms with Crippen LogP contribution in [0.25, 0.3) is 0 Å². The molecular formula is C30H29N6O4S+. The summed E-state index contributed by atoms with van der Waals surface area (Å²) in [6.45, 7) is 3.97. The third-order valence-electron chi connectivity index (χ3n) is 6.82. The number of carbonyl (C=O) groups excluding carboxylic acids is 3. The Morgan fingerprint density at radius 3 is 2.24 bits per heavy atom. The first kappa shape index (κ1) is 27.7. The number of anilines is 3. The molecule has 1 aliphatic rings. The Balaban J connectivity index is 1.43. The Morgan fingerprint density at radius 1 is 0.951 bits per heavy atom. The van der Waals surface area contributed by atoms with Crippen LogP contribution >= 0.6 is 12.2 Å². The van der Waals surface area contributed by atoms with Gasteiger partial charge in [0.2, 0.25) is 11.2 Å². The fourth-order valence-corrected chi connectivity index (χ4v) is 4.90. The fourth-order valence-electron chi connectivity index (χ4n) is 4.52. The highest BCUT2D eigenvalue weighted by Crippen LogP contribution is 2.30. The van der Waals surface area contributed by atoms with Gasteiger partial charge in [0.05, 0.1) is 12.1 Å². The molecular weight excluding hydrogens is 540 g/mol. The minimum absolute atomic E-state index is 0.0554. The standard InChI is InChI=1S/C30H28N6O4S/c1-19-9-13-22(14-10-19)31-26(37)17-24-29(39)36(23-15-11-20(2)12-16-23)30(41)35(24)18-25-28(40-33-34(25)3)32-27(38)21-7-5-4-6-8-21/h4-16,24H,17-18H2,1-3H3,(H-,31,32,33,37,38)/p+1. The van der Waals surface area contributed by atoms with Crippen molar-refractivity contribution < 1.29 is 23.6 Å². The molecule has 1 saturated heterocycles. The number of hydrogen-bond acceptors (Lipinski definition) is 6. The van der Waals surface area contributed by atoms with E-state index < -0.39 is 6.04 Å². The van der Waals surface area contributed by atoms with Crippen LogP contribution in [-0.2, 0) is 23.2 Å². The molecule has 11 heteroatoms. The first-order valence-electron chi connectivity index (χ1n) is 13.0. The van der Waals surface area contributed by atoms with Gasteiger partial charge in [-0.15, -0.1) is 0 Å². The molecule has 10 nitrogen and oxygen atoms in total. The number of hydrogen-bond donors (Lipinski definition) is 2. The third-order valence-corrected chi connectivity index (χ3v) is 7.23. The summed E-state index contributed by atoms with van der Waals surface area (Å²) in [4.78, 5) is 42.9. The van der Waals surface area contributed by atoms with E-state index in [-0.39, 0.29) is 41.7 Å². The molecule has 0 aliphatic carbocycles. The number of amides is 3. The molecule has 0 saturated carbocycles. The van der Waals surface area contributed by atoms with Gasteiger partial charge in [-0.1, -0.05) is 53.6 Å². The number of aryl methyl sites for hydroxylation is 3. The predicted octanol–water partition coefficient (Wildman–Crippen LogP) is 3.90. The van der Waals surface area contributed by atoms with Gasteiger partial charge in [0.15, 0.2) is 12.2 Å². The van der Waals surface area contributed by atoms with Crippen LogP contribution in [0.3, 0.4) is 0 Å². The second kappa shape index (κ2) is 11.7. The highest BCUT2D eigenvalue weighted by molar-refractivity contribution is 7.80. The Kier molecular flexibility index (Phi) is 7.88. The van der Waals surface area contributed by atoms with E-state index in [2.05, 4.69) is 15.9 Å². The predicted molar refractivity (Wildman–Crippen MR) is 157 cm³/mol. The van der Waals surface area contributed by atoms with Crippen molar-refractivity contribution in [1.82, 2.24) is 10.2 Å². The smallest absolute Gasteiger partial charge is 0.307 e. The molecule has 41 heavy (non-hydrogen) atoms. The lowest BCUT2D eigenvalue weighted by Crippen LogP contribution is -2.43. The summed E-state index contributed by atoms with van der Waals surface area (Å²) in [6, 6.07) is 22.6. The number of aromatic nitrogens is 2. The normalized spacial score (nSPS) is 14.9. The largest absolute Gasteiger partial charge is 0.326 e. The van der Waals surface area contributed by atoms with Gasteiger partial charge < -0.3 is 10.2 Å². The van der Waals surface area contributed by atoms with Gasteiger partial charge in [0.1, 0.15) is 12.6 Å². The number of nitrogens with one attached hydrogen (secondary N) is 2. The fraction of sp³-hybridized carbons (Fsp3) is 0.200. The van der Waals surface area contributed by atoms with Crippen molar-refractivity contribution in [3.63, 3.8) is 0 Å². The van der Waals surface area contributed by atoms with Crippen LogP contribution < -0.4 is 20.2 Å². The summed E-state index contributed by atoms with van der Waals surface area (Å²) in [5.74, 6) is -0.919. The van der Waals surface area contributed by atoms with Gasteiger partial charge in [0, 0.05) is 11.3 Å².